The van der Waals surface area contributed by atoms with Crippen molar-refractivity contribution in [3.05, 3.63) is 0 Å². The number of alkyl halides is 3. The number of hydrogen-bond acceptors (Lipinski definition) is 3. The molecule has 0 aromatic heterocycles. The summed E-state index contributed by atoms with van der Waals surface area (Å²) in [5.41, 5.74) is 0. The topological polar surface area (TPSA) is 27.7 Å². The van der Waals surface area contributed by atoms with E-state index in [2.05, 4.69) is 31.9 Å². The van der Waals surface area contributed by atoms with Gasteiger partial charge in [-0.05, 0) is 19.3 Å². The highest BCUT2D eigenvalue weighted by Gasteiger charge is 2.37. The molecule has 2 fully saturated rings. The first-order valence-corrected chi connectivity index (χ1v) is 8.76. The van der Waals surface area contributed by atoms with Crippen molar-refractivity contribution in [2.75, 3.05) is 25.7 Å². The molecular weight excluding hydrogens is 387 g/mol. The lowest BCUT2D eigenvalue weighted by molar-refractivity contribution is -0.111. The van der Waals surface area contributed by atoms with Crippen LogP contribution >= 0.6 is 43.5 Å². The van der Waals surface area contributed by atoms with E-state index in [-0.39, 0.29) is 12.4 Å². The van der Waals surface area contributed by atoms with Crippen LogP contribution < -0.4 is 0 Å². The monoisotopic (exact) mass is 404 g/mol. The highest BCUT2D eigenvalue weighted by molar-refractivity contribution is 9.12. The second kappa shape index (κ2) is 7.79. The van der Waals surface area contributed by atoms with Crippen LogP contribution in [0.2, 0.25) is 0 Å². The Morgan fingerprint density at radius 2 is 2.06 bits per heavy atom. The van der Waals surface area contributed by atoms with Crippen LogP contribution in [0.3, 0.4) is 0 Å². The van der Waals surface area contributed by atoms with E-state index in [4.69, 9.17) is 25.8 Å². The minimum atomic E-state index is -0.0605. The van der Waals surface area contributed by atoms with E-state index in [1.807, 2.05) is 0 Å². The molecule has 0 aromatic carbocycles. The van der Waals surface area contributed by atoms with Gasteiger partial charge in [-0.25, -0.2) is 0 Å². The molecule has 0 bridgehead atoms. The fraction of sp³-hybridized carbons (Fsp3) is 1.00. The molecular formula is C12H19Br2ClO3. The summed E-state index contributed by atoms with van der Waals surface area (Å²) in [4.78, 5) is 1.08. The summed E-state index contributed by atoms with van der Waals surface area (Å²) in [5.74, 6) is 1.01. The average molecular weight is 407 g/mol. The molecule has 1 heterocycles. The van der Waals surface area contributed by atoms with Gasteiger partial charge in [0.2, 0.25) is 0 Å². The zero-order valence-corrected chi connectivity index (χ0v) is 14.1. The molecule has 6 heteroatoms. The number of halogens is 3. The zero-order chi connectivity index (χ0) is 13.0. The molecule has 1 saturated heterocycles. The van der Waals surface area contributed by atoms with Gasteiger partial charge in [0.15, 0.2) is 6.29 Å². The molecule has 0 radical (unpaired) electrons. The molecule has 5 atom stereocenters. The summed E-state index contributed by atoms with van der Waals surface area (Å²) < 4.78 is 17.0. The third-order valence-corrected chi connectivity index (χ3v) is 6.39. The summed E-state index contributed by atoms with van der Waals surface area (Å²) in [5, 5.41) is 0. The van der Waals surface area contributed by atoms with Crippen LogP contribution in [0.4, 0.5) is 0 Å². The molecule has 0 amide bonds. The molecule has 0 spiro atoms. The first-order chi connectivity index (χ1) is 8.70. The first-order valence-electron chi connectivity index (χ1n) is 6.39. The van der Waals surface area contributed by atoms with Crippen molar-refractivity contribution in [3.63, 3.8) is 0 Å². The summed E-state index contributed by atoms with van der Waals surface area (Å²) in [6.07, 6.45) is 3.41. The van der Waals surface area contributed by atoms with Crippen LogP contribution in [0.15, 0.2) is 0 Å². The minimum absolute atomic E-state index is 0.0605. The van der Waals surface area contributed by atoms with Gasteiger partial charge < -0.3 is 14.2 Å². The molecule has 18 heavy (non-hydrogen) atoms. The van der Waals surface area contributed by atoms with E-state index in [1.54, 1.807) is 0 Å². The predicted molar refractivity (Wildman–Crippen MR) is 78.9 cm³/mol. The van der Waals surface area contributed by atoms with Crippen LogP contribution in [0.5, 0.6) is 0 Å². The molecule has 3 nitrogen and oxygen atoms in total. The third kappa shape index (κ3) is 4.32. The maximum atomic E-state index is 5.90. The molecule has 1 aliphatic carbocycles. The van der Waals surface area contributed by atoms with E-state index in [1.165, 1.54) is 0 Å². The van der Waals surface area contributed by atoms with E-state index >= 15 is 0 Å². The quantitative estimate of drug-likeness (QED) is 0.518. The first kappa shape index (κ1) is 15.5. The Bertz CT molecular complexity index is 257. The van der Waals surface area contributed by atoms with Crippen LogP contribution in [0.1, 0.15) is 19.3 Å². The van der Waals surface area contributed by atoms with Crippen molar-refractivity contribution < 1.29 is 14.2 Å². The maximum absolute atomic E-state index is 5.90. The van der Waals surface area contributed by atoms with Gasteiger partial charge >= 0.3 is 0 Å². The van der Waals surface area contributed by atoms with Gasteiger partial charge in [-0.15, -0.1) is 11.6 Å². The zero-order valence-electron chi connectivity index (χ0n) is 10.2. The maximum Gasteiger partial charge on any atom is 0.161 e. The predicted octanol–water partition coefficient (Wildman–Crippen LogP) is 3.31. The van der Waals surface area contributed by atoms with E-state index < -0.39 is 0 Å². The Kier molecular flexibility index (Phi) is 6.72. The van der Waals surface area contributed by atoms with Crippen LogP contribution in [-0.4, -0.2) is 47.7 Å². The molecule has 1 aliphatic heterocycles. The minimum Gasteiger partial charge on any atom is -0.377 e. The molecule has 0 unspecified atom stereocenters. The standard InChI is InChI=1S/C12H19Br2ClO3/c13-10-2-1-8(5-11(10)14)12-17-7-9(18-12)6-16-4-3-15/h8-12H,1-7H2/t8-,9+,10+,11-,12-/m1/s1. The largest absolute Gasteiger partial charge is 0.377 e. The van der Waals surface area contributed by atoms with Crippen molar-refractivity contribution in [2.24, 2.45) is 5.92 Å². The van der Waals surface area contributed by atoms with Gasteiger partial charge in [0.1, 0.15) is 6.10 Å². The highest BCUT2D eigenvalue weighted by atomic mass is 79.9. The summed E-state index contributed by atoms with van der Waals surface area (Å²) in [6, 6.07) is 0. The molecule has 1 saturated carbocycles. The van der Waals surface area contributed by atoms with E-state index in [0.717, 1.165) is 19.3 Å². The van der Waals surface area contributed by atoms with Gasteiger partial charge in [0.05, 0.1) is 19.8 Å². The van der Waals surface area contributed by atoms with Crippen molar-refractivity contribution in [1.29, 1.82) is 0 Å². The number of rotatable bonds is 5. The second-order valence-corrected chi connectivity index (χ2v) is 7.56. The molecule has 106 valence electrons. The van der Waals surface area contributed by atoms with Gasteiger partial charge in [-0.2, -0.15) is 0 Å². The average Bonchev–Trinajstić information content (AvgIpc) is 2.82. The summed E-state index contributed by atoms with van der Waals surface area (Å²) in [6.45, 7) is 1.78. The third-order valence-electron chi connectivity index (χ3n) is 3.42. The Balaban J connectivity index is 1.71. The number of hydrogen-bond donors (Lipinski definition) is 0. The molecule has 0 N–H and O–H groups in total. The van der Waals surface area contributed by atoms with Crippen molar-refractivity contribution in [2.45, 2.75) is 41.3 Å². The summed E-state index contributed by atoms with van der Waals surface area (Å²) >= 11 is 13.0. The Morgan fingerprint density at radius 3 is 2.78 bits per heavy atom. The van der Waals surface area contributed by atoms with Crippen molar-refractivity contribution >= 4 is 43.5 Å². The molecule has 0 aromatic rings. The second-order valence-electron chi connectivity index (χ2n) is 4.83. The Morgan fingerprint density at radius 1 is 1.22 bits per heavy atom. The lowest BCUT2D eigenvalue weighted by Crippen LogP contribution is -2.33. The van der Waals surface area contributed by atoms with Crippen LogP contribution in [-0.2, 0) is 14.2 Å². The SMILES string of the molecule is ClCCOC[C@H]1CO[C@@H]([C@@H]2CC[C@H](Br)[C@H](Br)C2)O1. The smallest absolute Gasteiger partial charge is 0.161 e. The fourth-order valence-electron chi connectivity index (χ4n) is 2.43. The van der Waals surface area contributed by atoms with Gasteiger partial charge in [0, 0.05) is 21.5 Å². The van der Waals surface area contributed by atoms with Gasteiger partial charge in [-0.1, -0.05) is 31.9 Å². The van der Waals surface area contributed by atoms with Gasteiger partial charge in [-0.3, -0.25) is 0 Å². The Hall–Kier alpha value is 1.13. The van der Waals surface area contributed by atoms with Crippen LogP contribution in [0.25, 0.3) is 0 Å². The number of ether oxygens (including phenoxy) is 3. The van der Waals surface area contributed by atoms with E-state index in [9.17, 15) is 0 Å². The van der Waals surface area contributed by atoms with Gasteiger partial charge in [0.25, 0.3) is 0 Å². The molecule has 2 rings (SSSR count). The molecule has 2 aliphatic rings. The highest BCUT2D eigenvalue weighted by Crippen LogP contribution is 2.37. The van der Waals surface area contributed by atoms with Crippen molar-refractivity contribution in [1.82, 2.24) is 0 Å². The normalized spacial score (nSPS) is 41.2. The van der Waals surface area contributed by atoms with E-state index in [0.29, 0.717) is 41.3 Å². The van der Waals surface area contributed by atoms with Crippen LogP contribution in [0, 0.1) is 5.92 Å². The fourth-order valence-corrected chi connectivity index (χ4v) is 3.76. The Labute approximate surface area is 130 Å². The summed E-state index contributed by atoms with van der Waals surface area (Å²) in [7, 11) is 0. The lowest BCUT2D eigenvalue weighted by Gasteiger charge is -2.32. The lowest BCUT2D eigenvalue weighted by atomic mass is 9.88. The van der Waals surface area contributed by atoms with Crippen molar-refractivity contribution in [3.8, 4) is 0 Å².